The van der Waals surface area contributed by atoms with E-state index in [0.717, 1.165) is 29.3 Å². The van der Waals surface area contributed by atoms with Gasteiger partial charge in [0.1, 0.15) is 17.4 Å². The number of nitrogens with zero attached hydrogens (tertiary/aromatic N) is 1. The highest BCUT2D eigenvalue weighted by Crippen LogP contribution is 2.23. The topological polar surface area (TPSA) is 63.2 Å². The highest BCUT2D eigenvalue weighted by atomic mass is 32.1. The third kappa shape index (κ3) is 4.30. The predicted molar refractivity (Wildman–Crippen MR) is 90.8 cm³/mol. The van der Waals surface area contributed by atoms with Crippen LogP contribution >= 0.6 is 11.3 Å². The number of hydrogen-bond acceptors (Lipinski definition) is 5. The first-order chi connectivity index (χ1) is 11.2. The Balaban J connectivity index is 1.50. The van der Waals surface area contributed by atoms with Crippen LogP contribution in [-0.2, 0) is 24.2 Å². The first-order valence-corrected chi connectivity index (χ1v) is 8.70. The van der Waals surface area contributed by atoms with Gasteiger partial charge in [0, 0.05) is 25.0 Å². The van der Waals surface area contributed by atoms with E-state index >= 15 is 0 Å². The first-order valence-electron chi connectivity index (χ1n) is 7.82. The Morgan fingerprint density at radius 1 is 1.43 bits per heavy atom. The van der Waals surface area contributed by atoms with Crippen molar-refractivity contribution >= 4 is 17.2 Å². The Morgan fingerprint density at radius 2 is 2.30 bits per heavy atom. The number of aromatic nitrogens is 1. The summed E-state index contributed by atoms with van der Waals surface area (Å²) in [5.41, 5.74) is 2.26. The molecule has 0 saturated carbocycles. The average molecular weight is 331 g/mol. The van der Waals surface area contributed by atoms with Crippen LogP contribution in [0.15, 0.2) is 29.6 Å². The van der Waals surface area contributed by atoms with E-state index in [1.54, 1.807) is 7.05 Å². The number of benzene rings is 1. The average Bonchev–Trinajstić information content (AvgIpc) is 2.91. The molecule has 1 amide bonds. The van der Waals surface area contributed by atoms with Crippen molar-refractivity contribution in [1.82, 2.24) is 15.6 Å². The van der Waals surface area contributed by atoms with E-state index in [1.807, 2.05) is 17.5 Å². The lowest BCUT2D eigenvalue weighted by Gasteiger charge is -2.15. The van der Waals surface area contributed by atoms with E-state index in [0.29, 0.717) is 25.6 Å². The van der Waals surface area contributed by atoms with E-state index in [-0.39, 0.29) is 5.91 Å². The number of thiazole rings is 1. The van der Waals surface area contributed by atoms with E-state index in [9.17, 15) is 4.79 Å². The van der Waals surface area contributed by atoms with Gasteiger partial charge >= 0.3 is 0 Å². The van der Waals surface area contributed by atoms with Gasteiger partial charge in [-0.3, -0.25) is 4.79 Å². The van der Waals surface area contributed by atoms with Crippen LogP contribution in [0.2, 0.25) is 0 Å². The fourth-order valence-electron chi connectivity index (χ4n) is 2.60. The summed E-state index contributed by atoms with van der Waals surface area (Å²) in [6.45, 7) is 1.38. The lowest BCUT2D eigenvalue weighted by atomic mass is 10.1. The van der Waals surface area contributed by atoms with E-state index in [4.69, 9.17) is 4.74 Å². The quantitative estimate of drug-likeness (QED) is 0.879. The number of aryl methyl sites for hydroxylation is 1. The van der Waals surface area contributed by atoms with Crippen molar-refractivity contribution in [1.29, 1.82) is 0 Å². The zero-order chi connectivity index (χ0) is 16.1. The molecule has 0 saturated heterocycles. The maximum atomic E-state index is 11.4. The molecule has 0 radical (unpaired) electrons. The fraction of sp³-hybridized carbons (Fsp3) is 0.412. The summed E-state index contributed by atoms with van der Waals surface area (Å²) in [6.07, 6.45) is 2.42. The fourth-order valence-corrected chi connectivity index (χ4v) is 3.39. The molecular weight excluding hydrogens is 310 g/mol. The number of fused-ring (bicyclic) bond motifs is 1. The molecule has 3 rings (SSSR count). The first kappa shape index (κ1) is 16.0. The van der Waals surface area contributed by atoms with Crippen LogP contribution in [0.1, 0.15) is 22.7 Å². The summed E-state index contributed by atoms with van der Waals surface area (Å²) < 4.78 is 5.89. The second kappa shape index (κ2) is 7.57. The van der Waals surface area contributed by atoms with Gasteiger partial charge in [0.05, 0.1) is 12.1 Å². The minimum absolute atomic E-state index is 0.00575. The normalized spacial score (nSPS) is 17.0. The van der Waals surface area contributed by atoms with Crippen molar-refractivity contribution in [2.45, 2.75) is 31.8 Å². The molecule has 5 nitrogen and oxygen atoms in total. The summed E-state index contributed by atoms with van der Waals surface area (Å²) in [4.78, 5) is 15.9. The van der Waals surface area contributed by atoms with E-state index < -0.39 is 0 Å². The lowest BCUT2D eigenvalue weighted by molar-refractivity contribution is -0.119. The number of hydrogen-bond donors (Lipinski definition) is 2. The molecule has 0 aliphatic carbocycles. The summed E-state index contributed by atoms with van der Waals surface area (Å²) >= 11 is 1.53. The van der Waals surface area contributed by atoms with Gasteiger partial charge in [0.2, 0.25) is 5.91 Å². The van der Waals surface area contributed by atoms with Crippen LogP contribution in [0.5, 0.6) is 5.75 Å². The maximum Gasteiger partial charge on any atom is 0.226 e. The monoisotopic (exact) mass is 331 g/mol. The molecule has 23 heavy (non-hydrogen) atoms. The molecule has 0 spiro atoms. The van der Waals surface area contributed by atoms with Gasteiger partial charge in [-0.2, -0.15) is 0 Å². The standard InChI is InChI=1S/C17H21N3O2S/c1-18-16(21)8-17-20-14(11-23-17)9-19-13-7-6-12-4-2-3-5-15(12)22-10-13/h2-5,11,13,19H,6-10H2,1H3,(H,18,21). The van der Waals surface area contributed by atoms with Crippen molar-refractivity contribution in [3.63, 3.8) is 0 Å². The van der Waals surface area contributed by atoms with Crippen LogP contribution in [0, 0.1) is 0 Å². The molecular formula is C17H21N3O2S. The van der Waals surface area contributed by atoms with Crippen LogP contribution < -0.4 is 15.4 Å². The van der Waals surface area contributed by atoms with Gasteiger partial charge in [-0.05, 0) is 24.5 Å². The molecule has 2 aromatic rings. The number of para-hydroxylation sites is 1. The van der Waals surface area contributed by atoms with Crippen LogP contribution in [0.4, 0.5) is 0 Å². The molecule has 0 fully saturated rings. The molecule has 1 aliphatic heterocycles. The van der Waals surface area contributed by atoms with Gasteiger partial charge in [-0.1, -0.05) is 18.2 Å². The minimum atomic E-state index is -0.00575. The molecule has 1 unspecified atom stereocenters. The molecule has 122 valence electrons. The van der Waals surface area contributed by atoms with Crippen molar-refractivity contribution in [3.05, 3.63) is 45.9 Å². The number of amides is 1. The largest absolute Gasteiger partial charge is 0.492 e. The molecule has 2 N–H and O–H groups in total. The molecule has 1 aliphatic rings. The highest BCUT2D eigenvalue weighted by Gasteiger charge is 2.17. The van der Waals surface area contributed by atoms with E-state index in [1.165, 1.54) is 16.9 Å². The van der Waals surface area contributed by atoms with Crippen LogP contribution in [0.3, 0.4) is 0 Å². The van der Waals surface area contributed by atoms with Crippen molar-refractivity contribution in [2.24, 2.45) is 0 Å². The molecule has 2 heterocycles. The Morgan fingerprint density at radius 3 is 3.17 bits per heavy atom. The van der Waals surface area contributed by atoms with Gasteiger partial charge < -0.3 is 15.4 Å². The highest BCUT2D eigenvalue weighted by molar-refractivity contribution is 7.09. The molecule has 1 aromatic carbocycles. The third-order valence-electron chi connectivity index (χ3n) is 3.94. The third-order valence-corrected chi connectivity index (χ3v) is 4.83. The number of rotatable bonds is 5. The predicted octanol–water partition coefficient (Wildman–Crippen LogP) is 1.91. The molecule has 6 heteroatoms. The van der Waals surface area contributed by atoms with Crippen molar-refractivity contribution in [3.8, 4) is 5.75 Å². The number of nitrogens with one attached hydrogen (secondary N) is 2. The Hall–Kier alpha value is -1.92. The van der Waals surface area contributed by atoms with Crippen LogP contribution in [0.25, 0.3) is 0 Å². The Labute approximate surface area is 140 Å². The number of ether oxygens (including phenoxy) is 1. The van der Waals surface area contributed by atoms with Crippen LogP contribution in [-0.4, -0.2) is 30.6 Å². The van der Waals surface area contributed by atoms with Crippen molar-refractivity contribution < 1.29 is 9.53 Å². The number of carbonyl (C=O) groups excluding carboxylic acids is 1. The lowest BCUT2D eigenvalue weighted by Crippen LogP contribution is -2.33. The van der Waals surface area contributed by atoms with Crippen molar-refractivity contribution in [2.75, 3.05) is 13.7 Å². The SMILES string of the molecule is CNC(=O)Cc1nc(CNC2CCc3ccccc3OC2)cs1. The Kier molecular flexibility index (Phi) is 5.25. The molecule has 1 aromatic heterocycles. The smallest absolute Gasteiger partial charge is 0.226 e. The summed E-state index contributed by atoms with van der Waals surface area (Å²) in [5, 5.41) is 8.99. The van der Waals surface area contributed by atoms with Gasteiger partial charge in [-0.15, -0.1) is 11.3 Å². The summed E-state index contributed by atoms with van der Waals surface area (Å²) in [7, 11) is 1.64. The number of likely N-dealkylation sites (N-methyl/N-ethyl adjacent to an activating group) is 1. The molecule has 0 bridgehead atoms. The van der Waals surface area contributed by atoms with Gasteiger partial charge in [-0.25, -0.2) is 4.98 Å². The zero-order valence-electron chi connectivity index (χ0n) is 13.2. The minimum Gasteiger partial charge on any atom is -0.492 e. The summed E-state index contributed by atoms with van der Waals surface area (Å²) in [5.74, 6) is 0.993. The Bertz CT molecular complexity index is 644. The molecule has 1 atom stereocenters. The van der Waals surface area contributed by atoms with Gasteiger partial charge in [0.25, 0.3) is 0 Å². The zero-order valence-corrected chi connectivity index (χ0v) is 14.0. The van der Waals surface area contributed by atoms with Gasteiger partial charge in [0.15, 0.2) is 0 Å². The second-order valence-corrected chi connectivity index (χ2v) is 6.56. The second-order valence-electron chi connectivity index (χ2n) is 5.62. The van der Waals surface area contributed by atoms with E-state index in [2.05, 4.69) is 27.8 Å². The maximum absolute atomic E-state index is 11.4. The summed E-state index contributed by atoms with van der Waals surface area (Å²) in [6, 6.07) is 8.54. The number of carbonyl (C=O) groups is 1.